The first kappa shape index (κ1) is 15.1. The van der Waals surface area contributed by atoms with Crippen molar-refractivity contribution >= 4 is 0 Å². The molecule has 0 fully saturated rings. The van der Waals surface area contributed by atoms with E-state index in [4.69, 9.17) is 10.8 Å². The highest BCUT2D eigenvalue weighted by Crippen LogP contribution is 2.15. The van der Waals surface area contributed by atoms with Crippen LogP contribution in [-0.4, -0.2) is 41.4 Å². The number of rotatable bonds is 8. The molecule has 1 rings (SSSR count). The lowest BCUT2D eigenvalue weighted by molar-refractivity contribution is 0.111. The summed E-state index contributed by atoms with van der Waals surface area (Å²) < 4.78 is 0. The lowest BCUT2D eigenvalue weighted by Crippen LogP contribution is -2.30. The highest BCUT2D eigenvalue weighted by Gasteiger charge is 2.11. The molecule has 18 heavy (non-hydrogen) atoms. The third kappa shape index (κ3) is 4.74. The molecule has 4 heteroatoms. The molecule has 1 aromatic carbocycles. The van der Waals surface area contributed by atoms with Crippen molar-refractivity contribution in [3.63, 3.8) is 0 Å². The Morgan fingerprint density at radius 1 is 1.28 bits per heavy atom. The first-order valence-electron chi connectivity index (χ1n) is 6.51. The van der Waals surface area contributed by atoms with E-state index in [-0.39, 0.29) is 6.61 Å². The zero-order valence-corrected chi connectivity index (χ0v) is 11.0. The Hall–Kier alpha value is -0.940. The minimum absolute atomic E-state index is 0.192. The van der Waals surface area contributed by atoms with Gasteiger partial charge in [-0.2, -0.15) is 0 Å². The first-order chi connectivity index (χ1) is 8.71. The number of hydrogen-bond acceptors (Lipinski definition) is 4. The molecule has 102 valence electrons. The standard InChI is InChI=1S/C14H24N2O2/c1-2-16(8-3-9-17)11-14(18)13-6-4-12(10-15)5-7-13/h4-7,14,17-18H,2-3,8-11,15H2,1H3. The monoisotopic (exact) mass is 252 g/mol. The lowest BCUT2D eigenvalue weighted by Gasteiger charge is -2.23. The summed E-state index contributed by atoms with van der Waals surface area (Å²) in [5, 5.41) is 19.0. The zero-order valence-electron chi connectivity index (χ0n) is 11.0. The molecule has 0 saturated carbocycles. The maximum absolute atomic E-state index is 10.1. The van der Waals surface area contributed by atoms with Gasteiger partial charge in [-0.25, -0.2) is 0 Å². The van der Waals surface area contributed by atoms with E-state index in [0.717, 1.165) is 30.6 Å². The van der Waals surface area contributed by atoms with Crippen LogP contribution in [0.15, 0.2) is 24.3 Å². The number of aliphatic hydroxyl groups is 2. The predicted molar refractivity (Wildman–Crippen MR) is 73.1 cm³/mol. The quantitative estimate of drug-likeness (QED) is 0.642. The van der Waals surface area contributed by atoms with Gasteiger partial charge in [0.15, 0.2) is 0 Å². The summed E-state index contributed by atoms with van der Waals surface area (Å²) in [5.74, 6) is 0. The molecule has 1 atom stereocenters. The van der Waals surface area contributed by atoms with Crippen molar-refractivity contribution in [2.75, 3.05) is 26.2 Å². The highest BCUT2D eigenvalue weighted by molar-refractivity contribution is 5.24. The van der Waals surface area contributed by atoms with E-state index in [2.05, 4.69) is 11.8 Å². The Morgan fingerprint density at radius 3 is 2.44 bits per heavy atom. The average molecular weight is 252 g/mol. The van der Waals surface area contributed by atoms with Gasteiger partial charge in [-0.15, -0.1) is 0 Å². The van der Waals surface area contributed by atoms with Gasteiger partial charge in [0, 0.05) is 26.2 Å². The van der Waals surface area contributed by atoms with Crippen LogP contribution < -0.4 is 5.73 Å². The summed E-state index contributed by atoms with van der Waals surface area (Å²) in [5.41, 5.74) is 7.52. The third-order valence-corrected chi connectivity index (χ3v) is 3.11. The molecule has 0 aliphatic heterocycles. The maximum atomic E-state index is 10.1. The zero-order chi connectivity index (χ0) is 13.4. The van der Waals surface area contributed by atoms with Crippen LogP contribution in [0.5, 0.6) is 0 Å². The molecular weight excluding hydrogens is 228 g/mol. The Kier molecular flexibility index (Phi) is 6.90. The van der Waals surface area contributed by atoms with Gasteiger partial charge in [-0.3, -0.25) is 0 Å². The molecule has 0 aromatic heterocycles. The van der Waals surface area contributed by atoms with Crippen LogP contribution in [0.3, 0.4) is 0 Å². The average Bonchev–Trinajstić information content (AvgIpc) is 2.43. The molecule has 4 N–H and O–H groups in total. The molecule has 0 bridgehead atoms. The topological polar surface area (TPSA) is 69.7 Å². The van der Waals surface area contributed by atoms with Gasteiger partial charge in [0.2, 0.25) is 0 Å². The summed E-state index contributed by atoms with van der Waals surface area (Å²) in [6.07, 6.45) is 0.252. The fourth-order valence-corrected chi connectivity index (χ4v) is 1.90. The van der Waals surface area contributed by atoms with Gasteiger partial charge in [0.05, 0.1) is 6.10 Å². The van der Waals surface area contributed by atoms with Crippen LogP contribution in [0.2, 0.25) is 0 Å². The fraction of sp³-hybridized carbons (Fsp3) is 0.571. The van der Waals surface area contributed by atoms with Crippen molar-refractivity contribution in [2.24, 2.45) is 5.73 Å². The second kappa shape index (κ2) is 8.21. The summed E-state index contributed by atoms with van der Waals surface area (Å²) in [6.45, 7) is 5.05. The number of aliphatic hydroxyl groups excluding tert-OH is 2. The minimum Gasteiger partial charge on any atom is -0.396 e. The van der Waals surface area contributed by atoms with Gasteiger partial charge < -0.3 is 20.8 Å². The maximum Gasteiger partial charge on any atom is 0.0916 e. The van der Waals surface area contributed by atoms with Crippen molar-refractivity contribution in [3.05, 3.63) is 35.4 Å². The van der Waals surface area contributed by atoms with Crippen LogP contribution >= 0.6 is 0 Å². The van der Waals surface area contributed by atoms with Crippen molar-refractivity contribution in [2.45, 2.75) is 26.0 Å². The van der Waals surface area contributed by atoms with E-state index >= 15 is 0 Å². The molecule has 0 spiro atoms. The van der Waals surface area contributed by atoms with Crippen LogP contribution in [-0.2, 0) is 6.54 Å². The van der Waals surface area contributed by atoms with Crippen LogP contribution in [0.1, 0.15) is 30.6 Å². The van der Waals surface area contributed by atoms with Crippen LogP contribution in [0.25, 0.3) is 0 Å². The number of nitrogens with two attached hydrogens (primary N) is 1. The first-order valence-corrected chi connectivity index (χ1v) is 6.51. The summed E-state index contributed by atoms with van der Waals surface area (Å²) in [4.78, 5) is 2.14. The highest BCUT2D eigenvalue weighted by atomic mass is 16.3. The number of nitrogens with zero attached hydrogens (tertiary/aromatic N) is 1. The number of benzene rings is 1. The summed E-state index contributed by atoms with van der Waals surface area (Å²) >= 11 is 0. The van der Waals surface area contributed by atoms with E-state index in [9.17, 15) is 5.11 Å². The number of likely N-dealkylation sites (N-methyl/N-ethyl adjacent to an activating group) is 1. The largest absolute Gasteiger partial charge is 0.396 e. The van der Waals surface area contributed by atoms with E-state index in [1.807, 2.05) is 24.3 Å². The van der Waals surface area contributed by atoms with E-state index in [1.165, 1.54) is 0 Å². The van der Waals surface area contributed by atoms with Gasteiger partial charge in [0.1, 0.15) is 0 Å². The molecule has 1 unspecified atom stereocenters. The van der Waals surface area contributed by atoms with Crippen molar-refractivity contribution in [3.8, 4) is 0 Å². The Labute approximate surface area is 109 Å². The molecular formula is C14H24N2O2. The van der Waals surface area contributed by atoms with Crippen molar-refractivity contribution in [1.82, 2.24) is 4.90 Å². The smallest absolute Gasteiger partial charge is 0.0916 e. The second-order valence-corrected chi connectivity index (χ2v) is 4.43. The molecule has 4 nitrogen and oxygen atoms in total. The molecule has 0 heterocycles. The van der Waals surface area contributed by atoms with Crippen LogP contribution in [0.4, 0.5) is 0 Å². The minimum atomic E-state index is -0.490. The summed E-state index contributed by atoms with van der Waals surface area (Å²) in [6, 6.07) is 7.74. The van der Waals surface area contributed by atoms with Crippen molar-refractivity contribution in [1.29, 1.82) is 0 Å². The van der Waals surface area contributed by atoms with Gasteiger partial charge in [-0.05, 0) is 24.1 Å². The molecule has 0 amide bonds. The Morgan fingerprint density at radius 2 is 1.94 bits per heavy atom. The normalized spacial score (nSPS) is 12.9. The molecule has 0 radical (unpaired) electrons. The van der Waals surface area contributed by atoms with E-state index < -0.39 is 6.10 Å². The van der Waals surface area contributed by atoms with E-state index in [1.54, 1.807) is 0 Å². The second-order valence-electron chi connectivity index (χ2n) is 4.43. The molecule has 0 aliphatic rings. The lowest BCUT2D eigenvalue weighted by atomic mass is 10.1. The summed E-state index contributed by atoms with van der Waals surface area (Å²) in [7, 11) is 0. The molecule has 0 aliphatic carbocycles. The van der Waals surface area contributed by atoms with Gasteiger partial charge in [0.25, 0.3) is 0 Å². The number of hydrogen-bond donors (Lipinski definition) is 3. The molecule has 1 aromatic rings. The van der Waals surface area contributed by atoms with Crippen molar-refractivity contribution < 1.29 is 10.2 Å². The third-order valence-electron chi connectivity index (χ3n) is 3.11. The molecule has 0 saturated heterocycles. The Balaban J connectivity index is 2.53. The van der Waals surface area contributed by atoms with Gasteiger partial charge >= 0.3 is 0 Å². The van der Waals surface area contributed by atoms with Gasteiger partial charge in [-0.1, -0.05) is 31.2 Å². The van der Waals surface area contributed by atoms with E-state index in [0.29, 0.717) is 13.1 Å². The van der Waals surface area contributed by atoms with Crippen LogP contribution in [0, 0.1) is 0 Å². The Bertz CT molecular complexity index is 327. The fourth-order valence-electron chi connectivity index (χ4n) is 1.90. The predicted octanol–water partition coefficient (Wildman–Crippen LogP) is 0.883. The SMILES string of the molecule is CCN(CCCO)CC(O)c1ccc(CN)cc1.